The maximum absolute atomic E-state index is 9.28. The van der Waals surface area contributed by atoms with Crippen molar-refractivity contribution in [1.82, 2.24) is 24.6 Å². The Balaban J connectivity index is 1.25. The van der Waals surface area contributed by atoms with Crippen LogP contribution in [0.2, 0.25) is 5.02 Å². The van der Waals surface area contributed by atoms with Crippen molar-refractivity contribution in [3.05, 3.63) is 41.8 Å². The average molecular weight is 642 g/mol. The number of hydrogen-bond donors (Lipinski definition) is 4. The second-order valence-corrected chi connectivity index (χ2v) is 12.4. The van der Waals surface area contributed by atoms with Crippen molar-refractivity contribution in [3.63, 3.8) is 0 Å². The zero-order chi connectivity index (χ0) is 31.8. The Kier molecular flexibility index (Phi) is 11.5. The first-order valence-electron chi connectivity index (χ1n) is 15.9. The minimum absolute atomic E-state index is 0.0520. The maximum atomic E-state index is 9.28. The van der Waals surface area contributed by atoms with E-state index >= 15 is 0 Å². The molecule has 0 amide bonds. The van der Waals surface area contributed by atoms with Crippen LogP contribution in [0.5, 0.6) is 11.6 Å². The van der Waals surface area contributed by atoms with E-state index in [1.54, 1.807) is 18.5 Å². The van der Waals surface area contributed by atoms with E-state index in [0.717, 1.165) is 49.9 Å². The smallest absolute Gasteiger partial charge is 0.256 e. The predicted molar refractivity (Wildman–Crippen MR) is 174 cm³/mol. The summed E-state index contributed by atoms with van der Waals surface area (Å²) >= 11 is 6.39. The van der Waals surface area contributed by atoms with Gasteiger partial charge in [-0.3, -0.25) is 20.3 Å². The quantitative estimate of drug-likeness (QED) is 0.125. The molecule has 3 atom stereocenters. The van der Waals surface area contributed by atoms with Crippen LogP contribution in [0.25, 0.3) is 11.1 Å². The van der Waals surface area contributed by atoms with Crippen molar-refractivity contribution in [2.24, 2.45) is 5.73 Å². The van der Waals surface area contributed by atoms with Crippen LogP contribution in [0.3, 0.4) is 0 Å². The van der Waals surface area contributed by atoms with E-state index in [1.165, 1.54) is 6.34 Å². The van der Waals surface area contributed by atoms with Crippen LogP contribution < -0.4 is 25.5 Å². The van der Waals surface area contributed by atoms with E-state index in [2.05, 4.69) is 39.0 Å². The minimum Gasteiger partial charge on any atom is -0.485 e. The summed E-state index contributed by atoms with van der Waals surface area (Å²) in [5.74, 6) is 1.47. The van der Waals surface area contributed by atoms with Crippen LogP contribution in [0.4, 0.5) is 11.6 Å². The molecule has 2 aliphatic rings. The van der Waals surface area contributed by atoms with Crippen molar-refractivity contribution < 1.29 is 24.3 Å². The van der Waals surface area contributed by atoms with Gasteiger partial charge in [0.25, 0.3) is 5.88 Å². The molecule has 2 aromatic heterocycles. The second-order valence-electron chi connectivity index (χ2n) is 12.0. The van der Waals surface area contributed by atoms with E-state index < -0.39 is 0 Å². The Hall–Kier alpha value is -3.45. The number of rotatable bonds is 13. The molecule has 1 saturated carbocycles. The van der Waals surface area contributed by atoms with Crippen LogP contribution in [-0.2, 0) is 4.74 Å². The van der Waals surface area contributed by atoms with Gasteiger partial charge >= 0.3 is 0 Å². The number of aliphatic hydroxyl groups excluding tert-OH is 1. The lowest BCUT2D eigenvalue weighted by atomic mass is 9.89. The first-order valence-corrected chi connectivity index (χ1v) is 16.3. The zero-order valence-electron chi connectivity index (χ0n) is 26.4. The van der Waals surface area contributed by atoms with Crippen LogP contribution in [0, 0.1) is 0 Å². The highest BCUT2D eigenvalue weighted by Crippen LogP contribution is 2.36. The number of benzene rings is 1. The molecule has 2 fully saturated rings. The van der Waals surface area contributed by atoms with Crippen molar-refractivity contribution in [1.29, 1.82) is 0 Å². The van der Waals surface area contributed by atoms with Gasteiger partial charge < -0.3 is 24.6 Å². The molecule has 13 heteroatoms. The monoisotopic (exact) mass is 641 g/mol. The maximum Gasteiger partial charge on any atom is 0.256 e. The third-order valence-electron chi connectivity index (χ3n) is 8.26. The molecule has 1 aliphatic carbocycles. The third-order valence-corrected chi connectivity index (χ3v) is 8.57. The molecular formula is C32H46ClN8O4+. The lowest BCUT2D eigenvalue weighted by Gasteiger charge is -2.42. The van der Waals surface area contributed by atoms with Crippen molar-refractivity contribution >= 4 is 29.6 Å². The Morgan fingerprint density at radius 1 is 1.13 bits per heavy atom. The van der Waals surface area contributed by atoms with Crippen LogP contribution >= 0.6 is 11.6 Å². The van der Waals surface area contributed by atoms with E-state index in [9.17, 15) is 5.11 Å². The number of anilines is 2. The Morgan fingerprint density at radius 3 is 2.53 bits per heavy atom. The number of hydrogen-bond acceptors (Lipinski definition) is 9. The van der Waals surface area contributed by atoms with Crippen molar-refractivity contribution in [2.75, 3.05) is 38.2 Å². The molecule has 0 spiro atoms. The first-order chi connectivity index (χ1) is 21.8. The standard InChI is InChI=1S/C32H45ClN8O4/c1-21(14-35-20-34)45-30-13-24(5-10-28(30)33)25-15-36-32(37-16-25)38-29-19-41(39-31(29)43-12-4-11-42)27-8-6-26(7-9-27)40-17-22(2)44-23(3)18-40/h5,10,13,15-16,19-23,26-27,42H,4,6-9,11-12,14,17-18H2,1-3H3,(H2,34,35)(H,36,37,38)/p+1/t21-,22-,23+,26?,27?/m0/s1. The number of ether oxygens (including phenoxy) is 3. The largest absolute Gasteiger partial charge is 0.485 e. The zero-order valence-corrected chi connectivity index (χ0v) is 27.1. The molecule has 0 bridgehead atoms. The number of halogens is 1. The van der Waals surface area contributed by atoms with Gasteiger partial charge in [0.2, 0.25) is 12.3 Å². The Bertz CT molecular complexity index is 1390. The lowest BCUT2D eigenvalue weighted by Crippen LogP contribution is -2.73. The predicted octanol–water partition coefficient (Wildman–Crippen LogP) is 2.93. The van der Waals surface area contributed by atoms with Gasteiger partial charge in [0.15, 0.2) is 0 Å². The first kappa shape index (κ1) is 32.9. The molecule has 0 unspecified atom stereocenters. The third kappa shape index (κ3) is 8.84. The van der Waals surface area contributed by atoms with Crippen LogP contribution in [-0.4, -0.2) is 93.3 Å². The number of morpholine rings is 1. The highest BCUT2D eigenvalue weighted by atomic mass is 35.5. The number of nitrogens with one attached hydrogen (secondary N) is 2. The van der Waals surface area contributed by atoms with Gasteiger partial charge in [-0.05, 0) is 64.2 Å². The van der Waals surface area contributed by atoms with Gasteiger partial charge in [-0.1, -0.05) is 17.7 Å². The molecule has 1 aliphatic heterocycles. The van der Waals surface area contributed by atoms with Gasteiger partial charge in [0.1, 0.15) is 24.1 Å². The molecule has 5 rings (SSSR count). The molecule has 45 heavy (non-hydrogen) atoms. The fraction of sp³-hybridized carbons (Fsp3) is 0.562. The summed E-state index contributed by atoms with van der Waals surface area (Å²) in [5.41, 5.74) is 7.79. The van der Waals surface area contributed by atoms with Gasteiger partial charge in [-0.25, -0.2) is 9.97 Å². The number of nitrogens with zero attached hydrogens (tertiary/aromatic N) is 5. The molecule has 1 saturated heterocycles. The highest BCUT2D eigenvalue weighted by Gasteiger charge is 2.32. The summed E-state index contributed by atoms with van der Waals surface area (Å²) in [4.78, 5) is 14.7. The van der Waals surface area contributed by atoms with Crippen molar-refractivity contribution in [2.45, 2.75) is 83.3 Å². The van der Waals surface area contributed by atoms with E-state index in [-0.39, 0.29) is 31.0 Å². The molecule has 0 radical (unpaired) electrons. The van der Waals surface area contributed by atoms with E-state index in [1.807, 2.05) is 29.9 Å². The average Bonchev–Trinajstić information content (AvgIpc) is 3.43. The molecule has 1 aromatic carbocycles. The minimum atomic E-state index is -0.137. The van der Waals surface area contributed by atoms with Crippen molar-refractivity contribution in [3.8, 4) is 22.8 Å². The van der Waals surface area contributed by atoms with Crippen LogP contribution in [0.1, 0.15) is 58.9 Å². The lowest BCUT2D eigenvalue weighted by molar-refractivity contribution is -0.462. The number of aromatic nitrogens is 4. The molecule has 5 N–H and O–H groups in total. The summed E-state index contributed by atoms with van der Waals surface area (Å²) < 4.78 is 19.9. The summed E-state index contributed by atoms with van der Waals surface area (Å²) in [7, 11) is 0. The molecule has 3 aromatic rings. The molecule has 3 heterocycles. The summed E-state index contributed by atoms with van der Waals surface area (Å²) in [6.07, 6.45) is 12.1. The van der Waals surface area contributed by atoms with Gasteiger partial charge in [0, 0.05) is 50.1 Å². The van der Waals surface area contributed by atoms with Gasteiger partial charge in [-0.2, -0.15) is 0 Å². The van der Waals surface area contributed by atoms with Crippen LogP contribution in [0.15, 0.2) is 36.8 Å². The second kappa shape index (κ2) is 15.7. The normalized spacial score (nSPS) is 23.2. The Morgan fingerprint density at radius 2 is 1.84 bits per heavy atom. The topological polar surface area (TPSA) is 147 Å². The van der Waals surface area contributed by atoms with Gasteiger partial charge in [0.05, 0.1) is 36.1 Å². The Labute approximate surface area is 269 Å². The van der Waals surface area contributed by atoms with E-state index in [4.69, 9.17) is 36.6 Å². The molecular weight excluding hydrogens is 596 g/mol. The SMILES string of the molecule is C[C@@H]1CN(C2CCC(n3cc(Nc4ncc(-c5ccc(Cl)c(O[C@@H](C)C[NH+]=CN)c5)cn4)c(OCCCO)n3)CC2)C[C@H](C)O1. The molecule has 12 nitrogen and oxygen atoms in total. The summed E-state index contributed by atoms with van der Waals surface area (Å²) in [6, 6.07) is 6.44. The number of aliphatic hydroxyl groups is 1. The van der Waals surface area contributed by atoms with E-state index in [0.29, 0.717) is 53.9 Å². The van der Waals surface area contributed by atoms with Gasteiger partial charge in [-0.15, -0.1) is 5.10 Å². The summed E-state index contributed by atoms with van der Waals surface area (Å²) in [6.45, 7) is 9.22. The number of nitrogens with two attached hydrogens (primary N) is 1. The summed E-state index contributed by atoms with van der Waals surface area (Å²) in [5, 5.41) is 17.9. The fourth-order valence-electron chi connectivity index (χ4n) is 6.12. The molecule has 244 valence electrons. The fourth-order valence-corrected chi connectivity index (χ4v) is 6.28. The highest BCUT2D eigenvalue weighted by molar-refractivity contribution is 6.32.